The molecule has 0 N–H and O–H groups in total. The maximum Gasteiger partial charge on any atom is 0.291 e. The highest BCUT2D eigenvalue weighted by Crippen LogP contribution is 2.29. The van der Waals surface area contributed by atoms with Crippen LogP contribution in [0.2, 0.25) is 0 Å². The zero-order valence-electron chi connectivity index (χ0n) is 16.8. The van der Waals surface area contributed by atoms with Crippen molar-refractivity contribution >= 4 is 33.3 Å². The van der Waals surface area contributed by atoms with Crippen LogP contribution in [0, 0.1) is 0 Å². The van der Waals surface area contributed by atoms with E-state index in [0.29, 0.717) is 27.5 Å². The van der Waals surface area contributed by atoms with Gasteiger partial charge in [-0.1, -0.05) is 83.2 Å². The van der Waals surface area contributed by atoms with Crippen LogP contribution in [0.25, 0.3) is 33.3 Å². The van der Waals surface area contributed by atoms with Crippen molar-refractivity contribution in [2.24, 2.45) is 0 Å². The summed E-state index contributed by atoms with van der Waals surface area (Å²) < 4.78 is 7.56. The van der Waals surface area contributed by atoms with Gasteiger partial charge >= 0.3 is 0 Å². The number of rotatable bonds is 4. The van der Waals surface area contributed by atoms with Gasteiger partial charge in [0.2, 0.25) is 4.96 Å². The second kappa shape index (κ2) is 7.55. The van der Waals surface area contributed by atoms with Gasteiger partial charge in [-0.2, -0.15) is 4.52 Å². The summed E-state index contributed by atoms with van der Waals surface area (Å²) in [6.07, 6.45) is 2.46. The summed E-state index contributed by atoms with van der Waals surface area (Å²) in [7, 11) is 0. The van der Waals surface area contributed by atoms with Gasteiger partial charge in [0.15, 0.2) is 11.6 Å². The van der Waals surface area contributed by atoms with E-state index in [9.17, 15) is 4.79 Å². The summed E-state index contributed by atoms with van der Waals surface area (Å²) >= 11 is 1.34. The number of thiazole rings is 1. The summed E-state index contributed by atoms with van der Waals surface area (Å²) in [4.78, 5) is 18.1. The molecule has 0 saturated heterocycles. The van der Waals surface area contributed by atoms with E-state index in [4.69, 9.17) is 4.52 Å². The molecule has 3 aromatic carbocycles. The largest absolute Gasteiger partial charge is 0.355 e. The minimum Gasteiger partial charge on any atom is -0.355 e. The number of nitrogens with zero attached hydrogens (tertiary/aromatic N) is 4. The lowest BCUT2D eigenvalue weighted by Crippen LogP contribution is -2.23. The van der Waals surface area contributed by atoms with Gasteiger partial charge in [0, 0.05) is 12.0 Å². The van der Waals surface area contributed by atoms with Gasteiger partial charge < -0.3 is 4.52 Å². The Hall–Kier alpha value is -4.10. The molecular weight excluding hydrogens is 420 g/mol. The molecule has 32 heavy (non-hydrogen) atoms. The van der Waals surface area contributed by atoms with Gasteiger partial charge in [0.05, 0.1) is 9.92 Å². The van der Waals surface area contributed by atoms with Crippen molar-refractivity contribution in [3.8, 4) is 11.3 Å². The first-order valence-corrected chi connectivity index (χ1v) is 11.0. The third-order valence-electron chi connectivity index (χ3n) is 5.27. The third-order valence-corrected chi connectivity index (χ3v) is 6.22. The van der Waals surface area contributed by atoms with Gasteiger partial charge in [-0.15, -0.1) is 5.10 Å². The second-order valence-electron chi connectivity index (χ2n) is 7.45. The molecule has 6 rings (SSSR count). The molecule has 0 aliphatic carbocycles. The SMILES string of the molecule is O=c1c(=Cc2ccc3noc(-c4ccccc4)c3c2)sc2nc(Cc3ccccc3)nn12. The average Bonchev–Trinajstić information content (AvgIpc) is 3.50. The Morgan fingerprint density at radius 3 is 2.53 bits per heavy atom. The summed E-state index contributed by atoms with van der Waals surface area (Å²) in [6, 6.07) is 25.7. The predicted molar refractivity (Wildman–Crippen MR) is 125 cm³/mol. The lowest BCUT2D eigenvalue weighted by molar-refractivity contribution is 0.441. The van der Waals surface area contributed by atoms with Crippen molar-refractivity contribution in [1.29, 1.82) is 0 Å². The molecule has 0 aliphatic rings. The molecule has 0 radical (unpaired) electrons. The van der Waals surface area contributed by atoms with E-state index in [2.05, 4.69) is 15.2 Å². The minimum absolute atomic E-state index is 0.162. The summed E-state index contributed by atoms with van der Waals surface area (Å²) in [5, 5.41) is 9.49. The van der Waals surface area contributed by atoms with Crippen LogP contribution in [0.15, 0.2) is 88.2 Å². The maximum absolute atomic E-state index is 12.9. The van der Waals surface area contributed by atoms with Crippen LogP contribution in [0.4, 0.5) is 0 Å². The van der Waals surface area contributed by atoms with E-state index < -0.39 is 0 Å². The van der Waals surface area contributed by atoms with Crippen molar-refractivity contribution in [2.45, 2.75) is 6.42 Å². The number of aromatic nitrogens is 4. The Bertz CT molecular complexity index is 1670. The number of fused-ring (bicyclic) bond motifs is 2. The molecule has 0 aliphatic heterocycles. The van der Waals surface area contributed by atoms with Gasteiger partial charge in [-0.3, -0.25) is 4.79 Å². The fraction of sp³-hybridized carbons (Fsp3) is 0.0400. The maximum atomic E-state index is 12.9. The molecule has 154 valence electrons. The molecular formula is C25H16N4O2S. The first-order chi connectivity index (χ1) is 15.7. The molecule has 0 bridgehead atoms. The topological polar surface area (TPSA) is 73.3 Å². The van der Waals surface area contributed by atoms with Gasteiger partial charge in [0.1, 0.15) is 5.52 Å². The Balaban J connectivity index is 1.39. The van der Waals surface area contributed by atoms with Crippen molar-refractivity contribution in [3.63, 3.8) is 0 Å². The summed E-state index contributed by atoms with van der Waals surface area (Å²) in [6.45, 7) is 0. The highest BCUT2D eigenvalue weighted by molar-refractivity contribution is 7.15. The van der Waals surface area contributed by atoms with Crippen LogP contribution in [-0.4, -0.2) is 19.8 Å². The Morgan fingerprint density at radius 2 is 1.75 bits per heavy atom. The molecule has 0 saturated carbocycles. The summed E-state index contributed by atoms with van der Waals surface area (Å²) in [5.74, 6) is 1.36. The Kier molecular flexibility index (Phi) is 4.40. The van der Waals surface area contributed by atoms with E-state index in [1.807, 2.05) is 84.9 Å². The van der Waals surface area contributed by atoms with Crippen molar-refractivity contribution in [1.82, 2.24) is 19.8 Å². The highest BCUT2D eigenvalue weighted by Gasteiger charge is 2.13. The Labute approximate surface area is 186 Å². The standard InChI is InChI=1S/C25H16N4O2S/c30-24-21(32-25-26-22(27-29(24)25)15-16-7-3-1-4-8-16)14-17-11-12-20-19(13-17)23(31-28-20)18-9-5-2-6-10-18/h1-14H,15H2. The third kappa shape index (κ3) is 3.29. The number of benzene rings is 3. The quantitative estimate of drug-likeness (QED) is 0.416. The van der Waals surface area contributed by atoms with E-state index in [0.717, 1.165) is 27.6 Å². The van der Waals surface area contributed by atoms with E-state index in [1.165, 1.54) is 15.9 Å². The minimum atomic E-state index is -0.162. The van der Waals surface area contributed by atoms with Gasteiger partial charge in [-0.05, 0) is 29.3 Å². The molecule has 0 unspecified atom stereocenters. The first-order valence-electron chi connectivity index (χ1n) is 10.1. The molecule has 7 heteroatoms. The average molecular weight is 436 g/mol. The molecule has 3 heterocycles. The summed E-state index contributed by atoms with van der Waals surface area (Å²) in [5.41, 5.74) is 3.58. The molecule has 6 nitrogen and oxygen atoms in total. The van der Waals surface area contributed by atoms with E-state index in [1.54, 1.807) is 0 Å². The lowest BCUT2D eigenvalue weighted by atomic mass is 10.1. The van der Waals surface area contributed by atoms with Crippen molar-refractivity contribution in [3.05, 3.63) is 111 Å². The van der Waals surface area contributed by atoms with Crippen LogP contribution in [0.1, 0.15) is 17.0 Å². The first kappa shape index (κ1) is 18.7. The monoisotopic (exact) mass is 436 g/mol. The van der Waals surface area contributed by atoms with Crippen LogP contribution >= 0.6 is 11.3 Å². The lowest BCUT2D eigenvalue weighted by Gasteiger charge is -1.97. The van der Waals surface area contributed by atoms with Crippen molar-refractivity contribution in [2.75, 3.05) is 0 Å². The van der Waals surface area contributed by atoms with Crippen LogP contribution in [0.5, 0.6) is 0 Å². The fourth-order valence-corrected chi connectivity index (χ4v) is 4.65. The van der Waals surface area contributed by atoms with Gasteiger partial charge in [0.25, 0.3) is 5.56 Å². The molecule has 6 aromatic rings. The molecule has 0 spiro atoms. The van der Waals surface area contributed by atoms with E-state index in [-0.39, 0.29) is 5.56 Å². The number of hydrogen-bond donors (Lipinski definition) is 0. The van der Waals surface area contributed by atoms with Crippen molar-refractivity contribution < 1.29 is 4.52 Å². The van der Waals surface area contributed by atoms with Crippen LogP contribution < -0.4 is 10.1 Å². The fourth-order valence-electron chi connectivity index (χ4n) is 3.73. The Morgan fingerprint density at radius 1 is 0.969 bits per heavy atom. The normalized spacial score (nSPS) is 12.2. The van der Waals surface area contributed by atoms with E-state index >= 15 is 0 Å². The van der Waals surface area contributed by atoms with Crippen LogP contribution in [0.3, 0.4) is 0 Å². The zero-order chi connectivity index (χ0) is 21.5. The highest BCUT2D eigenvalue weighted by atomic mass is 32.1. The molecule has 3 aromatic heterocycles. The molecule has 0 fully saturated rings. The predicted octanol–water partition coefficient (Wildman–Crippen LogP) is 4.10. The zero-order valence-corrected chi connectivity index (χ0v) is 17.6. The molecule has 0 atom stereocenters. The number of hydrogen-bond acceptors (Lipinski definition) is 6. The molecule has 0 amide bonds. The second-order valence-corrected chi connectivity index (χ2v) is 8.46. The smallest absolute Gasteiger partial charge is 0.291 e. The van der Waals surface area contributed by atoms with Crippen LogP contribution in [-0.2, 0) is 6.42 Å². The van der Waals surface area contributed by atoms with Gasteiger partial charge in [-0.25, -0.2) is 4.98 Å².